The molecule has 7 nitrogen and oxygen atoms in total. The van der Waals surface area contributed by atoms with Crippen molar-refractivity contribution in [3.05, 3.63) is 47.8 Å². The number of nitrogens with zero attached hydrogens (tertiary/aromatic N) is 1. The van der Waals surface area contributed by atoms with Crippen LogP contribution in [0.3, 0.4) is 0 Å². The summed E-state index contributed by atoms with van der Waals surface area (Å²) in [5.74, 6) is -1.30. The highest BCUT2D eigenvalue weighted by Gasteiger charge is 2.14. The maximum Gasteiger partial charge on any atom is 0.335 e. The van der Waals surface area contributed by atoms with Gasteiger partial charge in [0, 0.05) is 12.4 Å². The number of H-pyrrole nitrogens is 1. The topological polar surface area (TPSA) is 112 Å². The maximum atomic E-state index is 11.8. The minimum Gasteiger partial charge on any atom is -0.478 e. The fourth-order valence-corrected chi connectivity index (χ4v) is 2.61. The van der Waals surface area contributed by atoms with Crippen molar-refractivity contribution in [3.8, 4) is 0 Å². The summed E-state index contributed by atoms with van der Waals surface area (Å²) in [6.07, 6.45) is 2.91. The van der Waals surface area contributed by atoms with Crippen LogP contribution in [-0.4, -0.2) is 29.5 Å². The Morgan fingerprint density at radius 2 is 2.21 bits per heavy atom. The van der Waals surface area contributed by atoms with Gasteiger partial charge in [-0.3, -0.25) is 4.72 Å². The number of benzene rings is 1. The van der Waals surface area contributed by atoms with Gasteiger partial charge in [-0.05, 0) is 17.7 Å². The zero-order valence-electron chi connectivity index (χ0n) is 9.70. The fraction of sp³-hybridized carbons (Fsp3) is 0.0909. The van der Waals surface area contributed by atoms with Crippen LogP contribution in [0.1, 0.15) is 15.9 Å². The van der Waals surface area contributed by atoms with E-state index in [1.165, 1.54) is 30.6 Å². The van der Waals surface area contributed by atoms with Crippen LogP contribution in [0.5, 0.6) is 0 Å². The average molecular weight is 281 g/mol. The lowest BCUT2D eigenvalue weighted by molar-refractivity contribution is 0.0696. The molecule has 3 N–H and O–H groups in total. The minimum atomic E-state index is -3.64. The molecule has 0 fully saturated rings. The molecule has 0 unspecified atom stereocenters. The smallest absolute Gasteiger partial charge is 0.335 e. The van der Waals surface area contributed by atoms with E-state index in [4.69, 9.17) is 5.11 Å². The van der Waals surface area contributed by atoms with Crippen LogP contribution in [0.4, 0.5) is 5.95 Å². The Morgan fingerprint density at radius 3 is 2.84 bits per heavy atom. The lowest BCUT2D eigenvalue weighted by Gasteiger charge is -2.06. The number of sulfonamides is 1. The first-order chi connectivity index (χ1) is 8.96. The van der Waals surface area contributed by atoms with E-state index in [0.717, 1.165) is 0 Å². The number of rotatable bonds is 5. The Balaban J connectivity index is 2.16. The van der Waals surface area contributed by atoms with Crippen molar-refractivity contribution < 1.29 is 18.3 Å². The molecule has 0 aliphatic rings. The summed E-state index contributed by atoms with van der Waals surface area (Å²) in [6.45, 7) is 0. The summed E-state index contributed by atoms with van der Waals surface area (Å²) in [5.41, 5.74) is 0.435. The Labute approximate surface area is 109 Å². The summed E-state index contributed by atoms with van der Waals surface area (Å²) in [4.78, 5) is 17.2. The van der Waals surface area contributed by atoms with Gasteiger partial charge in [-0.2, -0.15) is 0 Å². The molecule has 0 aliphatic heterocycles. The van der Waals surface area contributed by atoms with E-state index in [1.54, 1.807) is 6.07 Å². The van der Waals surface area contributed by atoms with E-state index in [9.17, 15) is 13.2 Å². The molecule has 0 saturated heterocycles. The fourth-order valence-electron chi connectivity index (χ4n) is 1.52. The molecule has 0 amide bonds. The van der Waals surface area contributed by atoms with Gasteiger partial charge in [-0.15, -0.1) is 0 Å². The van der Waals surface area contributed by atoms with Crippen molar-refractivity contribution in [1.29, 1.82) is 0 Å². The maximum absolute atomic E-state index is 11.8. The molecule has 0 spiro atoms. The molecule has 0 aliphatic carbocycles. The van der Waals surface area contributed by atoms with Crippen molar-refractivity contribution in [3.63, 3.8) is 0 Å². The minimum absolute atomic E-state index is 0.0469. The molecule has 0 radical (unpaired) electrons. The molecule has 1 aromatic carbocycles. The number of carboxylic acids is 1. The van der Waals surface area contributed by atoms with Gasteiger partial charge in [0.25, 0.3) is 0 Å². The molecule has 0 bridgehead atoms. The van der Waals surface area contributed by atoms with Crippen molar-refractivity contribution in [2.24, 2.45) is 0 Å². The van der Waals surface area contributed by atoms with Crippen molar-refractivity contribution in [2.75, 3.05) is 4.72 Å². The number of nitrogens with one attached hydrogen (secondary N) is 2. The zero-order valence-corrected chi connectivity index (χ0v) is 10.5. The second kappa shape index (κ2) is 5.11. The number of carboxylic acid groups (broad SMARTS) is 1. The van der Waals surface area contributed by atoms with E-state index < -0.39 is 16.0 Å². The predicted molar refractivity (Wildman–Crippen MR) is 68.2 cm³/mol. The first kappa shape index (κ1) is 13.1. The third kappa shape index (κ3) is 3.55. The zero-order chi connectivity index (χ0) is 13.9. The largest absolute Gasteiger partial charge is 0.478 e. The highest BCUT2D eigenvalue weighted by atomic mass is 32.2. The van der Waals surface area contributed by atoms with Crippen LogP contribution in [0.15, 0.2) is 36.7 Å². The highest BCUT2D eigenvalue weighted by molar-refractivity contribution is 7.91. The van der Waals surface area contributed by atoms with Gasteiger partial charge in [-0.1, -0.05) is 12.1 Å². The van der Waals surface area contributed by atoms with Crippen LogP contribution in [-0.2, 0) is 15.8 Å². The second-order valence-corrected chi connectivity index (χ2v) is 5.53. The van der Waals surface area contributed by atoms with Gasteiger partial charge < -0.3 is 10.1 Å². The molecule has 19 heavy (non-hydrogen) atoms. The van der Waals surface area contributed by atoms with E-state index >= 15 is 0 Å². The Kier molecular flexibility index (Phi) is 3.52. The first-order valence-electron chi connectivity index (χ1n) is 5.28. The molecule has 1 aromatic heterocycles. The molecule has 100 valence electrons. The third-order valence-electron chi connectivity index (χ3n) is 2.28. The van der Waals surface area contributed by atoms with Crippen LogP contribution in [0, 0.1) is 0 Å². The molecular formula is C11H11N3O4S. The van der Waals surface area contributed by atoms with E-state index in [2.05, 4.69) is 14.7 Å². The van der Waals surface area contributed by atoms with Gasteiger partial charge in [0.2, 0.25) is 16.0 Å². The van der Waals surface area contributed by atoms with Crippen LogP contribution >= 0.6 is 0 Å². The molecule has 2 rings (SSSR count). The van der Waals surface area contributed by atoms with Gasteiger partial charge >= 0.3 is 5.97 Å². The number of carbonyl (C=O) groups is 1. The number of anilines is 1. The van der Waals surface area contributed by atoms with E-state index in [-0.39, 0.29) is 17.3 Å². The third-order valence-corrected chi connectivity index (χ3v) is 3.50. The lowest BCUT2D eigenvalue weighted by Crippen LogP contribution is -2.16. The summed E-state index contributed by atoms with van der Waals surface area (Å²) >= 11 is 0. The quantitative estimate of drug-likeness (QED) is 0.758. The van der Waals surface area contributed by atoms with Gasteiger partial charge in [0.05, 0.1) is 11.3 Å². The normalized spacial score (nSPS) is 11.2. The van der Waals surface area contributed by atoms with Gasteiger partial charge in [-0.25, -0.2) is 18.2 Å². The van der Waals surface area contributed by atoms with Crippen LogP contribution < -0.4 is 4.72 Å². The molecule has 2 aromatic rings. The first-order valence-corrected chi connectivity index (χ1v) is 6.93. The Bertz CT molecular complexity index is 680. The monoisotopic (exact) mass is 281 g/mol. The van der Waals surface area contributed by atoms with Crippen LogP contribution in [0.2, 0.25) is 0 Å². The van der Waals surface area contributed by atoms with Gasteiger partial charge in [0.1, 0.15) is 0 Å². The molecule has 1 heterocycles. The number of aromatic nitrogens is 2. The summed E-state index contributed by atoms with van der Waals surface area (Å²) in [7, 11) is -3.64. The average Bonchev–Trinajstić information content (AvgIpc) is 2.80. The van der Waals surface area contributed by atoms with Crippen molar-refractivity contribution >= 4 is 21.9 Å². The summed E-state index contributed by atoms with van der Waals surface area (Å²) in [6, 6.07) is 5.77. The number of aromatic carboxylic acids is 1. The molecule has 8 heteroatoms. The predicted octanol–water partition coefficient (Wildman–Crippen LogP) is 1.05. The standard InChI is InChI=1S/C11H11N3O4S/c15-10(16)9-3-1-2-8(6-9)7-19(17,18)14-11-12-4-5-13-11/h1-6H,7H2,(H,15,16)(H2,12,13,14). The SMILES string of the molecule is O=C(O)c1cccc(CS(=O)(=O)Nc2ncc[nH]2)c1. The molecule has 0 saturated carbocycles. The van der Waals surface area contributed by atoms with Crippen molar-refractivity contribution in [2.45, 2.75) is 5.75 Å². The number of aromatic amines is 1. The highest BCUT2D eigenvalue weighted by Crippen LogP contribution is 2.11. The van der Waals surface area contributed by atoms with E-state index in [1.807, 2.05) is 0 Å². The lowest BCUT2D eigenvalue weighted by atomic mass is 10.1. The van der Waals surface area contributed by atoms with E-state index in [0.29, 0.717) is 5.56 Å². The number of hydrogen-bond donors (Lipinski definition) is 3. The molecular weight excluding hydrogens is 270 g/mol. The van der Waals surface area contributed by atoms with Crippen molar-refractivity contribution in [1.82, 2.24) is 9.97 Å². The number of imidazole rings is 1. The Morgan fingerprint density at radius 1 is 1.42 bits per heavy atom. The number of hydrogen-bond acceptors (Lipinski definition) is 4. The van der Waals surface area contributed by atoms with Crippen LogP contribution in [0.25, 0.3) is 0 Å². The summed E-state index contributed by atoms with van der Waals surface area (Å²) in [5, 5.41) is 8.83. The summed E-state index contributed by atoms with van der Waals surface area (Å²) < 4.78 is 25.9. The second-order valence-electron chi connectivity index (χ2n) is 3.80. The van der Waals surface area contributed by atoms with Gasteiger partial charge in [0.15, 0.2) is 0 Å². The molecule has 0 atom stereocenters. The Hall–Kier alpha value is -2.35.